The molecule has 0 spiro atoms. The lowest BCUT2D eigenvalue weighted by Gasteiger charge is -2.03. The van der Waals surface area contributed by atoms with Gasteiger partial charge in [-0.2, -0.15) is 0 Å². The molecule has 2 heterocycles. The van der Waals surface area contributed by atoms with Crippen molar-refractivity contribution >= 4 is 67.0 Å². The second-order valence-electron chi connectivity index (χ2n) is 5.73. The van der Waals surface area contributed by atoms with Crippen molar-refractivity contribution in [3.8, 4) is 17.0 Å². The van der Waals surface area contributed by atoms with E-state index in [9.17, 15) is 9.18 Å². The maximum atomic E-state index is 13.9. The normalized spacial score (nSPS) is 11.0. The molecule has 0 saturated carbocycles. The minimum absolute atomic E-state index is 0.159. The average Bonchev–Trinajstić information content (AvgIpc) is 3.26. The van der Waals surface area contributed by atoms with Crippen LogP contribution in [-0.4, -0.2) is 18.0 Å². The maximum Gasteiger partial charge on any atom is 0.269 e. The van der Waals surface area contributed by atoms with Crippen LogP contribution in [0.1, 0.15) is 9.67 Å². The zero-order chi connectivity index (χ0) is 19.8. The number of fused-ring (bicyclic) bond motifs is 1. The van der Waals surface area contributed by atoms with Crippen molar-refractivity contribution in [2.75, 3.05) is 12.4 Å². The predicted molar refractivity (Wildman–Crippen MR) is 114 cm³/mol. The lowest BCUT2D eigenvalue weighted by atomic mass is 10.1. The van der Waals surface area contributed by atoms with Crippen molar-refractivity contribution in [3.05, 3.63) is 62.5 Å². The third kappa shape index (κ3) is 3.58. The van der Waals surface area contributed by atoms with Gasteiger partial charge in [0.15, 0.2) is 16.7 Å². The fourth-order valence-corrected chi connectivity index (χ4v) is 5.03. The van der Waals surface area contributed by atoms with Gasteiger partial charge < -0.3 is 4.74 Å². The lowest BCUT2D eigenvalue weighted by molar-refractivity contribution is 0.103. The Bertz CT molecular complexity index is 1210. The van der Waals surface area contributed by atoms with E-state index in [2.05, 4.69) is 10.3 Å². The van der Waals surface area contributed by atoms with E-state index in [1.165, 1.54) is 41.9 Å². The SMILES string of the molecule is COc1ccc(-c2csc(NC(=O)c3sc4cc(Cl)ccc4c3Cl)n2)cc1F. The summed E-state index contributed by atoms with van der Waals surface area (Å²) in [6, 6.07) is 9.85. The van der Waals surface area contributed by atoms with Gasteiger partial charge in [0.25, 0.3) is 5.91 Å². The van der Waals surface area contributed by atoms with Crippen LogP contribution in [0.4, 0.5) is 9.52 Å². The van der Waals surface area contributed by atoms with Crippen LogP contribution in [0, 0.1) is 5.82 Å². The average molecular weight is 453 g/mol. The minimum atomic E-state index is -0.477. The molecule has 1 N–H and O–H groups in total. The van der Waals surface area contributed by atoms with Crippen molar-refractivity contribution in [2.45, 2.75) is 0 Å². The number of carbonyl (C=O) groups is 1. The van der Waals surface area contributed by atoms with Gasteiger partial charge in [0.1, 0.15) is 4.88 Å². The second-order valence-corrected chi connectivity index (χ2v) is 8.45. The minimum Gasteiger partial charge on any atom is -0.494 e. The molecule has 2 aromatic heterocycles. The smallest absolute Gasteiger partial charge is 0.269 e. The Morgan fingerprint density at radius 3 is 2.79 bits per heavy atom. The van der Waals surface area contributed by atoms with Crippen LogP contribution < -0.4 is 10.1 Å². The van der Waals surface area contributed by atoms with Crippen LogP contribution in [0.2, 0.25) is 10.0 Å². The van der Waals surface area contributed by atoms with Crippen molar-refractivity contribution in [1.29, 1.82) is 0 Å². The summed E-state index contributed by atoms with van der Waals surface area (Å²) in [6.07, 6.45) is 0. The fraction of sp³-hybridized carbons (Fsp3) is 0.0526. The fourth-order valence-electron chi connectivity index (χ4n) is 2.63. The molecule has 0 aliphatic carbocycles. The molecule has 4 rings (SSSR count). The van der Waals surface area contributed by atoms with Gasteiger partial charge in [0.2, 0.25) is 0 Å². The molecule has 0 aliphatic rings. The number of benzene rings is 2. The number of hydrogen-bond acceptors (Lipinski definition) is 5. The number of methoxy groups -OCH3 is 1. The Morgan fingerprint density at radius 1 is 1.21 bits per heavy atom. The van der Waals surface area contributed by atoms with Crippen LogP contribution >= 0.6 is 45.9 Å². The first kappa shape index (κ1) is 19.1. The monoisotopic (exact) mass is 452 g/mol. The van der Waals surface area contributed by atoms with Gasteiger partial charge in [-0.15, -0.1) is 22.7 Å². The number of anilines is 1. The summed E-state index contributed by atoms with van der Waals surface area (Å²) in [4.78, 5) is 17.4. The number of amides is 1. The van der Waals surface area contributed by atoms with E-state index in [1.54, 1.807) is 29.6 Å². The topological polar surface area (TPSA) is 51.2 Å². The third-order valence-electron chi connectivity index (χ3n) is 3.97. The molecule has 142 valence electrons. The van der Waals surface area contributed by atoms with Gasteiger partial charge in [0.05, 0.1) is 17.8 Å². The molecule has 4 nitrogen and oxygen atoms in total. The Hall–Kier alpha value is -2.19. The molecule has 0 radical (unpaired) electrons. The summed E-state index contributed by atoms with van der Waals surface area (Å²) < 4.78 is 19.7. The molecular formula is C19H11Cl2FN2O2S2. The summed E-state index contributed by atoms with van der Waals surface area (Å²) >= 11 is 14.9. The highest BCUT2D eigenvalue weighted by atomic mass is 35.5. The van der Waals surface area contributed by atoms with E-state index < -0.39 is 5.82 Å². The molecular weight excluding hydrogens is 442 g/mol. The van der Waals surface area contributed by atoms with E-state index in [0.717, 1.165) is 10.1 Å². The number of hydrogen-bond donors (Lipinski definition) is 1. The number of thiazole rings is 1. The van der Waals surface area contributed by atoms with Crippen LogP contribution in [0.3, 0.4) is 0 Å². The Labute approximate surface area is 177 Å². The highest BCUT2D eigenvalue weighted by molar-refractivity contribution is 7.22. The summed E-state index contributed by atoms with van der Waals surface area (Å²) in [5.41, 5.74) is 1.14. The quantitative estimate of drug-likeness (QED) is 0.373. The zero-order valence-corrected chi connectivity index (χ0v) is 17.4. The highest BCUT2D eigenvalue weighted by Crippen LogP contribution is 2.37. The molecule has 0 unspecified atom stereocenters. The van der Waals surface area contributed by atoms with E-state index in [0.29, 0.717) is 31.3 Å². The Kier molecular flexibility index (Phi) is 5.25. The van der Waals surface area contributed by atoms with Crippen molar-refractivity contribution in [3.63, 3.8) is 0 Å². The van der Waals surface area contributed by atoms with Gasteiger partial charge in [-0.1, -0.05) is 29.3 Å². The largest absolute Gasteiger partial charge is 0.494 e. The van der Waals surface area contributed by atoms with Crippen molar-refractivity contribution in [1.82, 2.24) is 4.98 Å². The number of nitrogens with zero attached hydrogens (tertiary/aromatic N) is 1. The van der Waals surface area contributed by atoms with E-state index >= 15 is 0 Å². The van der Waals surface area contributed by atoms with Gasteiger partial charge in [-0.05, 0) is 30.3 Å². The van der Waals surface area contributed by atoms with Gasteiger partial charge in [-0.25, -0.2) is 9.37 Å². The molecule has 0 bridgehead atoms. The molecule has 2 aromatic carbocycles. The third-order valence-corrected chi connectivity index (χ3v) is 6.62. The van der Waals surface area contributed by atoms with Crippen LogP contribution in [-0.2, 0) is 0 Å². The number of thiophene rings is 1. The summed E-state index contributed by atoms with van der Waals surface area (Å²) in [5.74, 6) is -0.676. The number of halogens is 3. The summed E-state index contributed by atoms with van der Waals surface area (Å²) in [5, 5.41) is 6.60. The number of carbonyl (C=O) groups excluding carboxylic acids is 1. The van der Waals surface area contributed by atoms with Gasteiger partial charge in [0, 0.05) is 26.1 Å². The van der Waals surface area contributed by atoms with E-state index in [1.807, 2.05) is 0 Å². The predicted octanol–water partition coefficient (Wildman–Crippen LogP) is 6.73. The zero-order valence-electron chi connectivity index (χ0n) is 14.3. The standard InChI is InChI=1S/C19H11Cl2FN2O2S2/c1-26-14-5-2-9(6-12(14)22)13-8-27-19(23-13)24-18(25)17-16(21)11-4-3-10(20)7-15(11)28-17/h2-8H,1H3,(H,23,24,25). The van der Waals surface area contributed by atoms with Crippen LogP contribution in [0.15, 0.2) is 41.8 Å². The van der Waals surface area contributed by atoms with Crippen molar-refractivity contribution in [2.24, 2.45) is 0 Å². The molecule has 0 fully saturated rings. The van der Waals surface area contributed by atoms with Crippen LogP contribution in [0.5, 0.6) is 5.75 Å². The summed E-state index contributed by atoms with van der Waals surface area (Å²) in [7, 11) is 1.40. The first-order chi connectivity index (χ1) is 13.5. The molecule has 4 aromatic rings. The van der Waals surface area contributed by atoms with Crippen LogP contribution in [0.25, 0.3) is 21.3 Å². The Morgan fingerprint density at radius 2 is 2.04 bits per heavy atom. The number of aromatic nitrogens is 1. The number of ether oxygens (including phenoxy) is 1. The molecule has 1 amide bonds. The second kappa shape index (κ2) is 7.67. The van der Waals surface area contributed by atoms with E-state index in [-0.39, 0.29) is 11.7 Å². The molecule has 0 atom stereocenters. The molecule has 0 saturated heterocycles. The summed E-state index contributed by atoms with van der Waals surface area (Å²) in [6.45, 7) is 0. The molecule has 28 heavy (non-hydrogen) atoms. The van der Waals surface area contributed by atoms with Gasteiger partial charge in [-0.3, -0.25) is 10.1 Å². The number of rotatable bonds is 4. The highest BCUT2D eigenvalue weighted by Gasteiger charge is 2.19. The Balaban J connectivity index is 1.58. The maximum absolute atomic E-state index is 13.9. The first-order valence-electron chi connectivity index (χ1n) is 7.94. The lowest BCUT2D eigenvalue weighted by Crippen LogP contribution is -2.10. The van der Waals surface area contributed by atoms with Crippen molar-refractivity contribution < 1.29 is 13.9 Å². The molecule has 0 aliphatic heterocycles. The first-order valence-corrected chi connectivity index (χ1v) is 10.4. The molecule has 9 heteroatoms. The van der Waals surface area contributed by atoms with Gasteiger partial charge >= 0.3 is 0 Å². The number of nitrogens with one attached hydrogen (secondary N) is 1. The van der Waals surface area contributed by atoms with E-state index in [4.69, 9.17) is 27.9 Å².